The van der Waals surface area contributed by atoms with Gasteiger partial charge in [0.25, 0.3) is 5.91 Å². The molecule has 0 bridgehead atoms. The van der Waals surface area contributed by atoms with Gasteiger partial charge in [-0.2, -0.15) is 0 Å². The van der Waals surface area contributed by atoms with E-state index in [1.165, 1.54) is 23.9 Å². The van der Waals surface area contributed by atoms with Gasteiger partial charge in [0.05, 0.1) is 10.5 Å². The van der Waals surface area contributed by atoms with Gasteiger partial charge in [0, 0.05) is 22.7 Å². The Labute approximate surface area is 172 Å². The number of amides is 1. The van der Waals surface area contributed by atoms with Crippen molar-refractivity contribution in [2.45, 2.75) is 21.4 Å². The first-order valence-electron chi connectivity index (χ1n) is 8.11. The van der Waals surface area contributed by atoms with E-state index in [1.807, 2.05) is 12.1 Å². The van der Waals surface area contributed by atoms with E-state index in [4.69, 9.17) is 16.7 Å². The second kappa shape index (κ2) is 8.74. The molecule has 0 atom stereocenters. The van der Waals surface area contributed by atoms with Gasteiger partial charge in [-0.15, -0.1) is 0 Å². The molecule has 0 radical (unpaired) electrons. The Bertz CT molecular complexity index is 1090. The third kappa shape index (κ3) is 5.32. The maximum Gasteiger partial charge on any atom is 0.254 e. The Morgan fingerprint density at radius 3 is 2.39 bits per heavy atom. The number of hydrogen-bond donors (Lipinski definition) is 2. The molecule has 3 aromatic rings. The molecule has 3 N–H and O–H groups in total. The highest BCUT2D eigenvalue weighted by Crippen LogP contribution is 2.29. The minimum absolute atomic E-state index is 0.0245. The van der Waals surface area contributed by atoms with E-state index < -0.39 is 10.0 Å². The Morgan fingerprint density at radius 2 is 1.75 bits per heavy atom. The number of rotatable bonds is 6. The van der Waals surface area contributed by atoms with Crippen LogP contribution in [0.3, 0.4) is 0 Å². The number of primary sulfonamides is 1. The second-order valence-corrected chi connectivity index (χ2v) is 8.84. The van der Waals surface area contributed by atoms with Gasteiger partial charge >= 0.3 is 0 Å². The molecule has 3 rings (SSSR count). The van der Waals surface area contributed by atoms with Gasteiger partial charge in [-0.05, 0) is 54.1 Å². The molecular weight excluding hydrogens is 418 g/mol. The molecule has 0 aliphatic heterocycles. The van der Waals surface area contributed by atoms with E-state index in [1.54, 1.807) is 42.6 Å². The summed E-state index contributed by atoms with van der Waals surface area (Å²) >= 11 is 7.27. The lowest BCUT2D eigenvalue weighted by molar-refractivity contribution is 0.0947. The third-order valence-corrected chi connectivity index (χ3v) is 5.96. The van der Waals surface area contributed by atoms with Gasteiger partial charge in [-0.25, -0.2) is 18.5 Å². The minimum atomic E-state index is -3.74. The zero-order valence-corrected chi connectivity index (χ0v) is 16.9. The number of halogens is 1. The van der Waals surface area contributed by atoms with Crippen molar-refractivity contribution in [3.05, 3.63) is 83.0 Å². The molecule has 1 aromatic heterocycles. The van der Waals surface area contributed by atoms with E-state index in [0.717, 1.165) is 10.5 Å². The second-order valence-electron chi connectivity index (χ2n) is 5.78. The van der Waals surface area contributed by atoms with Gasteiger partial charge in [0.1, 0.15) is 5.03 Å². The number of carbonyl (C=O) groups is 1. The minimum Gasteiger partial charge on any atom is -0.348 e. The molecule has 0 aliphatic carbocycles. The summed E-state index contributed by atoms with van der Waals surface area (Å²) < 4.78 is 22.6. The van der Waals surface area contributed by atoms with Gasteiger partial charge in [0.15, 0.2) is 0 Å². The van der Waals surface area contributed by atoms with Crippen LogP contribution in [0.4, 0.5) is 0 Å². The Balaban J connectivity index is 1.70. The molecular formula is C19H16ClN3O3S2. The van der Waals surface area contributed by atoms with Crippen LogP contribution >= 0.6 is 23.4 Å². The smallest absolute Gasteiger partial charge is 0.254 e. The van der Waals surface area contributed by atoms with Crippen molar-refractivity contribution in [3.63, 3.8) is 0 Å². The van der Waals surface area contributed by atoms with E-state index >= 15 is 0 Å². The number of nitrogens with two attached hydrogens (primary N) is 1. The third-order valence-electron chi connectivity index (χ3n) is 3.75. The summed E-state index contributed by atoms with van der Waals surface area (Å²) in [6, 6.07) is 16.7. The highest BCUT2D eigenvalue weighted by atomic mass is 35.5. The lowest BCUT2D eigenvalue weighted by Crippen LogP contribution is -2.23. The first kappa shape index (κ1) is 20.3. The SMILES string of the molecule is NS(=O)(=O)c1ccc(CNC(=O)c2cccnc2Sc2ccc(Cl)cc2)cc1. The molecule has 28 heavy (non-hydrogen) atoms. The Kier molecular flexibility index (Phi) is 6.35. The van der Waals surface area contributed by atoms with Crippen LogP contribution in [0.5, 0.6) is 0 Å². The number of carbonyl (C=O) groups excluding carboxylic acids is 1. The number of aromatic nitrogens is 1. The summed E-state index contributed by atoms with van der Waals surface area (Å²) in [5.74, 6) is -0.278. The fourth-order valence-electron chi connectivity index (χ4n) is 2.33. The van der Waals surface area contributed by atoms with Crippen LogP contribution < -0.4 is 10.5 Å². The van der Waals surface area contributed by atoms with Gasteiger partial charge in [-0.3, -0.25) is 4.79 Å². The van der Waals surface area contributed by atoms with Crippen molar-refractivity contribution in [2.75, 3.05) is 0 Å². The topological polar surface area (TPSA) is 102 Å². The summed E-state index contributed by atoms with van der Waals surface area (Å²) in [6.07, 6.45) is 1.63. The van der Waals surface area contributed by atoms with Crippen LogP contribution in [-0.2, 0) is 16.6 Å². The highest BCUT2D eigenvalue weighted by molar-refractivity contribution is 7.99. The Morgan fingerprint density at radius 1 is 1.07 bits per heavy atom. The fourth-order valence-corrected chi connectivity index (χ4v) is 3.85. The standard InChI is InChI=1S/C19H16ClN3O3S2/c20-14-5-7-15(8-6-14)27-19-17(2-1-11-22-19)18(24)23-12-13-3-9-16(10-4-13)28(21,25)26/h1-11H,12H2,(H,23,24)(H2,21,25,26). The molecule has 1 heterocycles. The molecule has 9 heteroatoms. The van der Waals surface area contributed by atoms with Crippen molar-refractivity contribution in [2.24, 2.45) is 5.14 Å². The number of benzene rings is 2. The molecule has 0 unspecified atom stereocenters. The van der Waals surface area contributed by atoms with Crippen LogP contribution in [0.15, 0.2) is 81.7 Å². The molecule has 2 aromatic carbocycles. The first-order chi connectivity index (χ1) is 13.3. The molecule has 0 saturated carbocycles. The van der Waals surface area contributed by atoms with Crippen LogP contribution in [-0.4, -0.2) is 19.3 Å². The van der Waals surface area contributed by atoms with Gasteiger partial charge in [0.2, 0.25) is 10.0 Å². The molecule has 0 aliphatic rings. The zero-order chi connectivity index (χ0) is 20.1. The van der Waals surface area contributed by atoms with Crippen molar-refractivity contribution >= 4 is 39.3 Å². The largest absolute Gasteiger partial charge is 0.348 e. The molecule has 0 spiro atoms. The number of nitrogens with one attached hydrogen (secondary N) is 1. The maximum absolute atomic E-state index is 12.6. The monoisotopic (exact) mass is 433 g/mol. The maximum atomic E-state index is 12.6. The number of pyridine rings is 1. The van der Waals surface area contributed by atoms with E-state index in [9.17, 15) is 13.2 Å². The molecule has 0 fully saturated rings. The van der Waals surface area contributed by atoms with Crippen molar-refractivity contribution < 1.29 is 13.2 Å². The quantitative estimate of drug-likeness (QED) is 0.619. The number of nitrogens with zero attached hydrogens (tertiary/aromatic N) is 1. The number of hydrogen-bond acceptors (Lipinski definition) is 5. The summed E-state index contributed by atoms with van der Waals surface area (Å²) in [5, 5.41) is 9.11. The lowest BCUT2D eigenvalue weighted by Gasteiger charge is -2.09. The Hall–Kier alpha value is -2.39. The first-order valence-corrected chi connectivity index (χ1v) is 10.9. The summed E-state index contributed by atoms with van der Waals surface area (Å²) in [4.78, 5) is 17.8. The van der Waals surface area contributed by atoms with Crippen molar-refractivity contribution in [1.29, 1.82) is 0 Å². The van der Waals surface area contributed by atoms with Crippen LogP contribution in [0.1, 0.15) is 15.9 Å². The van der Waals surface area contributed by atoms with E-state index in [2.05, 4.69) is 10.3 Å². The molecule has 6 nitrogen and oxygen atoms in total. The van der Waals surface area contributed by atoms with Crippen LogP contribution in [0.25, 0.3) is 0 Å². The average molecular weight is 434 g/mol. The highest BCUT2D eigenvalue weighted by Gasteiger charge is 2.14. The van der Waals surface area contributed by atoms with Crippen molar-refractivity contribution in [1.82, 2.24) is 10.3 Å². The number of sulfonamides is 1. The van der Waals surface area contributed by atoms with E-state index in [0.29, 0.717) is 15.6 Å². The summed E-state index contributed by atoms with van der Waals surface area (Å²) in [6.45, 7) is 0.240. The molecule has 1 amide bonds. The average Bonchev–Trinajstić information content (AvgIpc) is 2.68. The molecule has 0 saturated heterocycles. The zero-order valence-electron chi connectivity index (χ0n) is 14.5. The van der Waals surface area contributed by atoms with Crippen molar-refractivity contribution in [3.8, 4) is 0 Å². The normalized spacial score (nSPS) is 11.2. The summed E-state index contributed by atoms with van der Waals surface area (Å²) in [7, 11) is -3.74. The lowest BCUT2D eigenvalue weighted by atomic mass is 10.2. The van der Waals surface area contributed by atoms with Crippen LogP contribution in [0.2, 0.25) is 5.02 Å². The van der Waals surface area contributed by atoms with Gasteiger partial charge in [-0.1, -0.05) is 35.5 Å². The van der Waals surface area contributed by atoms with E-state index in [-0.39, 0.29) is 17.3 Å². The molecule has 144 valence electrons. The van der Waals surface area contributed by atoms with Gasteiger partial charge < -0.3 is 5.32 Å². The summed E-state index contributed by atoms with van der Waals surface area (Å²) in [5.41, 5.74) is 1.19. The fraction of sp³-hybridized carbons (Fsp3) is 0.0526. The van der Waals surface area contributed by atoms with Crippen LogP contribution in [0, 0.1) is 0 Å². The predicted molar refractivity (Wildman–Crippen MR) is 109 cm³/mol. The predicted octanol–water partition coefficient (Wildman–Crippen LogP) is 3.46.